The van der Waals surface area contributed by atoms with E-state index in [-0.39, 0.29) is 34.8 Å². The molecule has 4 rings (SSSR count). The minimum absolute atomic E-state index is 0.0840. The number of oxazole rings is 1. The van der Waals surface area contributed by atoms with E-state index in [9.17, 15) is 18.0 Å². The van der Waals surface area contributed by atoms with Crippen LogP contribution in [-0.2, 0) is 27.9 Å². The molecule has 1 aliphatic rings. The predicted octanol–water partition coefficient (Wildman–Crippen LogP) is 2.58. The van der Waals surface area contributed by atoms with Crippen molar-refractivity contribution in [2.45, 2.75) is 38.3 Å². The topological polar surface area (TPSA) is 102 Å². The number of nitrogens with zero attached hydrogens (tertiary/aromatic N) is 2. The van der Waals surface area contributed by atoms with E-state index in [1.165, 1.54) is 27.1 Å². The second kappa shape index (κ2) is 8.91. The number of sulfonamides is 1. The van der Waals surface area contributed by atoms with Gasteiger partial charge in [-0.1, -0.05) is 44.2 Å². The summed E-state index contributed by atoms with van der Waals surface area (Å²) in [5, 5.41) is 2.77. The van der Waals surface area contributed by atoms with Gasteiger partial charge in [-0.05, 0) is 36.0 Å². The highest BCUT2D eigenvalue weighted by molar-refractivity contribution is 7.89. The molecule has 0 unspecified atom stereocenters. The van der Waals surface area contributed by atoms with Gasteiger partial charge in [0.05, 0.1) is 10.4 Å². The number of benzene rings is 2. The zero-order valence-corrected chi connectivity index (χ0v) is 19.0. The molecule has 0 spiro atoms. The molecule has 1 aromatic heterocycles. The normalized spacial score (nSPS) is 19.8. The zero-order valence-electron chi connectivity index (χ0n) is 18.2. The van der Waals surface area contributed by atoms with E-state index in [0.717, 1.165) is 12.0 Å². The van der Waals surface area contributed by atoms with Crippen LogP contribution in [0.1, 0.15) is 25.8 Å². The van der Waals surface area contributed by atoms with Crippen LogP contribution >= 0.6 is 0 Å². The third-order valence-electron chi connectivity index (χ3n) is 5.75. The van der Waals surface area contributed by atoms with E-state index >= 15 is 0 Å². The molecule has 1 fully saturated rings. The number of carbonyl (C=O) groups is 1. The van der Waals surface area contributed by atoms with Crippen molar-refractivity contribution in [1.29, 1.82) is 0 Å². The van der Waals surface area contributed by atoms with Gasteiger partial charge >= 0.3 is 5.76 Å². The molecule has 2 heterocycles. The SMILES string of the molecule is C[C@H]1C[C@H](C)CN(S(=O)(=O)c2ccc3c(c2)oc(=O)n3CC(=O)NCc2ccccc2)C1. The summed E-state index contributed by atoms with van der Waals surface area (Å²) in [5.41, 5.74) is 1.47. The van der Waals surface area contributed by atoms with E-state index in [0.29, 0.717) is 25.2 Å². The van der Waals surface area contributed by atoms with Crippen LogP contribution in [0.15, 0.2) is 62.6 Å². The molecule has 2 aromatic carbocycles. The number of amides is 1. The fraction of sp³-hybridized carbons (Fsp3) is 0.391. The van der Waals surface area contributed by atoms with Crippen LogP contribution in [0.2, 0.25) is 0 Å². The largest absolute Gasteiger partial charge is 0.420 e. The molecular weight excluding hydrogens is 430 g/mol. The Balaban J connectivity index is 1.54. The summed E-state index contributed by atoms with van der Waals surface area (Å²) in [7, 11) is -3.70. The van der Waals surface area contributed by atoms with Crippen molar-refractivity contribution < 1.29 is 17.6 Å². The van der Waals surface area contributed by atoms with E-state index in [4.69, 9.17) is 4.42 Å². The van der Waals surface area contributed by atoms with Gasteiger partial charge < -0.3 is 9.73 Å². The number of hydrogen-bond donors (Lipinski definition) is 1. The first-order valence-electron chi connectivity index (χ1n) is 10.7. The minimum Gasteiger partial charge on any atom is -0.408 e. The van der Waals surface area contributed by atoms with Crippen LogP contribution in [0.25, 0.3) is 11.1 Å². The van der Waals surface area contributed by atoms with Gasteiger partial charge in [0.1, 0.15) is 6.54 Å². The zero-order chi connectivity index (χ0) is 22.9. The summed E-state index contributed by atoms with van der Waals surface area (Å²) in [6.45, 7) is 5.16. The Morgan fingerprint density at radius 1 is 1.09 bits per heavy atom. The van der Waals surface area contributed by atoms with Crippen LogP contribution in [-0.4, -0.2) is 36.3 Å². The van der Waals surface area contributed by atoms with Gasteiger partial charge in [-0.15, -0.1) is 0 Å². The lowest BCUT2D eigenvalue weighted by molar-refractivity contribution is -0.121. The fourth-order valence-corrected chi connectivity index (χ4v) is 6.00. The number of carbonyl (C=O) groups excluding carboxylic acids is 1. The van der Waals surface area contributed by atoms with Crippen molar-refractivity contribution in [1.82, 2.24) is 14.2 Å². The molecule has 2 atom stereocenters. The first-order valence-corrected chi connectivity index (χ1v) is 12.1. The Hall–Kier alpha value is -2.91. The molecular formula is C23H27N3O5S. The number of piperidine rings is 1. The monoisotopic (exact) mass is 457 g/mol. The molecule has 0 aliphatic carbocycles. The molecule has 1 aliphatic heterocycles. The van der Waals surface area contributed by atoms with Gasteiger partial charge in [0.15, 0.2) is 5.58 Å². The maximum atomic E-state index is 13.1. The average Bonchev–Trinajstić information content (AvgIpc) is 3.06. The van der Waals surface area contributed by atoms with Crippen molar-refractivity contribution in [3.05, 3.63) is 64.6 Å². The fourth-order valence-electron chi connectivity index (χ4n) is 4.30. The molecule has 8 nitrogen and oxygen atoms in total. The Kier molecular flexibility index (Phi) is 6.21. The minimum atomic E-state index is -3.70. The molecule has 0 bridgehead atoms. The second-order valence-corrected chi connectivity index (χ2v) is 10.6. The Morgan fingerprint density at radius 2 is 1.78 bits per heavy atom. The lowest BCUT2D eigenvalue weighted by Crippen LogP contribution is -2.42. The highest BCUT2D eigenvalue weighted by Gasteiger charge is 2.32. The van der Waals surface area contributed by atoms with Crippen LogP contribution in [0.4, 0.5) is 0 Å². The summed E-state index contributed by atoms with van der Waals surface area (Å²) in [6.07, 6.45) is 0.995. The highest BCUT2D eigenvalue weighted by atomic mass is 32.2. The standard InChI is InChI=1S/C23H27N3O5S/c1-16-10-17(2)14-25(13-16)32(29,30)19-8-9-20-21(11-19)31-23(28)26(20)15-22(27)24-12-18-6-4-3-5-7-18/h3-9,11,16-17H,10,12-15H2,1-2H3,(H,24,27)/t16-,17-/m0/s1. The number of aromatic nitrogens is 1. The predicted molar refractivity (Wildman–Crippen MR) is 120 cm³/mol. The van der Waals surface area contributed by atoms with Gasteiger partial charge in [0.25, 0.3) is 0 Å². The van der Waals surface area contributed by atoms with Gasteiger partial charge in [-0.3, -0.25) is 9.36 Å². The van der Waals surface area contributed by atoms with Crippen LogP contribution in [0.5, 0.6) is 0 Å². The van der Waals surface area contributed by atoms with Crippen molar-refractivity contribution in [3.63, 3.8) is 0 Å². The average molecular weight is 458 g/mol. The van der Waals surface area contributed by atoms with Gasteiger partial charge in [-0.2, -0.15) is 4.31 Å². The molecule has 170 valence electrons. The number of fused-ring (bicyclic) bond motifs is 1. The lowest BCUT2D eigenvalue weighted by Gasteiger charge is -2.34. The molecule has 1 saturated heterocycles. The van der Waals surface area contributed by atoms with E-state index in [2.05, 4.69) is 5.32 Å². The van der Waals surface area contributed by atoms with Crippen LogP contribution < -0.4 is 11.1 Å². The van der Waals surface area contributed by atoms with Crippen molar-refractivity contribution in [2.75, 3.05) is 13.1 Å². The van der Waals surface area contributed by atoms with Crippen molar-refractivity contribution >= 4 is 27.0 Å². The number of rotatable bonds is 6. The highest BCUT2D eigenvalue weighted by Crippen LogP contribution is 2.28. The van der Waals surface area contributed by atoms with Crippen LogP contribution in [0, 0.1) is 11.8 Å². The van der Waals surface area contributed by atoms with E-state index in [1.54, 1.807) is 0 Å². The smallest absolute Gasteiger partial charge is 0.408 e. The first kappa shape index (κ1) is 22.3. The summed E-state index contributed by atoms with van der Waals surface area (Å²) in [5.74, 6) is -0.479. The molecule has 32 heavy (non-hydrogen) atoms. The summed E-state index contributed by atoms with van der Waals surface area (Å²) >= 11 is 0. The molecule has 3 aromatic rings. The molecule has 0 radical (unpaired) electrons. The maximum Gasteiger partial charge on any atom is 0.420 e. The number of hydrogen-bond acceptors (Lipinski definition) is 5. The molecule has 1 amide bonds. The van der Waals surface area contributed by atoms with E-state index in [1.807, 2.05) is 44.2 Å². The summed E-state index contributed by atoms with van der Waals surface area (Å²) in [6, 6.07) is 13.8. The van der Waals surface area contributed by atoms with Gasteiger partial charge in [0, 0.05) is 25.7 Å². The van der Waals surface area contributed by atoms with Crippen molar-refractivity contribution in [3.8, 4) is 0 Å². The number of nitrogens with one attached hydrogen (secondary N) is 1. The first-order chi connectivity index (χ1) is 15.2. The van der Waals surface area contributed by atoms with E-state index < -0.39 is 15.8 Å². The molecule has 0 saturated carbocycles. The van der Waals surface area contributed by atoms with Crippen LogP contribution in [0.3, 0.4) is 0 Å². The van der Waals surface area contributed by atoms with Gasteiger partial charge in [0.2, 0.25) is 15.9 Å². The second-order valence-electron chi connectivity index (χ2n) is 8.61. The third-order valence-corrected chi connectivity index (χ3v) is 7.57. The molecule has 1 N–H and O–H groups in total. The van der Waals surface area contributed by atoms with Crippen molar-refractivity contribution in [2.24, 2.45) is 11.8 Å². The molecule has 9 heteroatoms. The van der Waals surface area contributed by atoms with Gasteiger partial charge in [-0.25, -0.2) is 13.2 Å². The maximum absolute atomic E-state index is 13.1. The Morgan fingerprint density at radius 3 is 2.47 bits per heavy atom. The lowest BCUT2D eigenvalue weighted by atomic mass is 9.94. The quantitative estimate of drug-likeness (QED) is 0.613. The third kappa shape index (κ3) is 4.63. The Labute approximate surface area is 186 Å². The summed E-state index contributed by atoms with van der Waals surface area (Å²) < 4.78 is 34.3. The Bertz CT molecular complexity index is 1270. The summed E-state index contributed by atoms with van der Waals surface area (Å²) in [4.78, 5) is 24.8.